The summed E-state index contributed by atoms with van der Waals surface area (Å²) in [7, 11) is 1.36. The van der Waals surface area contributed by atoms with Gasteiger partial charge in [-0.05, 0) is 18.2 Å². The molecular formula is C15H17N3O6S2. The summed E-state index contributed by atoms with van der Waals surface area (Å²) in [4.78, 5) is 17.6. The third kappa shape index (κ3) is 3.80. The van der Waals surface area contributed by atoms with Crippen molar-refractivity contribution in [2.45, 2.75) is 0 Å². The molecule has 3 rings (SSSR count). The lowest BCUT2D eigenvalue weighted by Crippen LogP contribution is -2.36. The van der Waals surface area contributed by atoms with Gasteiger partial charge >= 0.3 is 5.97 Å². The van der Waals surface area contributed by atoms with E-state index < -0.39 is 17.2 Å². The molecule has 1 unspecified atom stereocenters. The van der Waals surface area contributed by atoms with Crippen LogP contribution in [0.15, 0.2) is 23.6 Å². The Balaban J connectivity index is 1.96. The number of anilines is 3. The average molecular weight is 399 g/mol. The molecule has 0 radical (unpaired) electrons. The van der Waals surface area contributed by atoms with Crippen LogP contribution in [0.3, 0.4) is 0 Å². The SMILES string of the molecule is COc1cc(C(=O)O)ccc1N(c1csc(N2CCOCC2)n1)S(=O)O. The average Bonchev–Trinajstić information content (AvgIpc) is 3.12. The summed E-state index contributed by atoms with van der Waals surface area (Å²) in [5, 5.41) is 11.5. The lowest BCUT2D eigenvalue weighted by atomic mass is 10.2. The van der Waals surface area contributed by atoms with Crippen molar-refractivity contribution in [2.24, 2.45) is 0 Å². The molecular weight excluding hydrogens is 382 g/mol. The molecule has 9 nitrogen and oxygen atoms in total. The van der Waals surface area contributed by atoms with E-state index in [1.54, 1.807) is 5.38 Å². The van der Waals surface area contributed by atoms with Crippen molar-refractivity contribution in [2.75, 3.05) is 42.6 Å². The van der Waals surface area contributed by atoms with Crippen LogP contribution in [0.25, 0.3) is 0 Å². The summed E-state index contributed by atoms with van der Waals surface area (Å²) in [5.74, 6) is -0.679. The maximum Gasteiger partial charge on any atom is 0.335 e. The number of thiazole rings is 1. The summed E-state index contributed by atoms with van der Waals surface area (Å²) >= 11 is -1.06. The molecule has 0 aliphatic carbocycles. The smallest absolute Gasteiger partial charge is 0.335 e. The zero-order valence-corrected chi connectivity index (χ0v) is 15.5. The largest absolute Gasteiger partial charge is 0.495 e. The van der Waals surface area contributed by atoms with Crippen molar-refractivity contribution >= 4 is 45.2 Å². The van der Waals surface area contributed by atoms with Gasteiger partial charge in [-0.2, -0.15) is 0 Å². The summed E-state index contributed by atoms with van der Waals surface area (Å²) in [6, 6.07) is 4.06. The van der Waals surface area contributed by atoms with Gasteiger partial charge in [0.15, 0.2) is 10.9 Å². The Morgan fingerprint density at radius 1 is 1.42 bits per heavy atom. The molecule has 1 aromatic heterocycles. The Bertz CT molecular complexity index is 821. The number of carbonyl (C=O) groups is 1. The van der Waals surface area contributed by atoms with Crippen LogP contribution in [-0.4, -0.2) is 58.2 Å². The number of hydrogen-bond acceptors (Lipinski definition) is 7. The molecule has 1 saturated heterocycles. The quantitative estimate of drug-likeness (QED) is 0.709. The number of nitrogens with zero attached hydrogens (tertiary/aromatic N) is 3. The van der Waals surface area contributed by atoms with Crippen LogP contribution in [0.1, 0.15) is 10.4 Å². The van der Waals surface area contributed by atoms with Crippen molar-refractivity contribution in [3.8, 4) is 5.75 Å². The molecule has 1 atom stereocenters. The van der Waals surface area contributed by atoms with E-state index in [4.69, 9.17) is 14.6 Å². The number of carboxylic acids is 1. The predicted octanol–water partition coefficient (Wildman–Crippen LogP) is 1.96. The van der Waals surface area contributed by atoms with Gasteiger partial charge in [0.1, 0.15) is 11.4 Å². The number of aromatic nitrogens is 1. The minimum atomic E-state index is -2.42. The minimum Gasteiger partial charge on any atom is -0.495 e. The van der Waals surface area contributed by atoms with E-state index >= 15 is 0 Å². The summed E-state index contributed by atoms with van der Waals surface area (Å²) in [6.07, 6.45) is 0. The third-order valence-electron chi connectivity index (χ3n) is 3.77. The highest BCUT2D eigenvalue weighted by molar-refractivity contribution is 7.81. The molecule has 1 fully saturated rings. The van der Waals surface area contributed by atoms with Gasteiger partial charge in [0.25, 0.3) is 11.3 Å². The molecule has 1 aromatic carbocycles. The number of benzene rings is 1. The molecule has 2 heterocycles. The number of morpholine rings is 1. The molecule has 0 amide bonds. The van der Waals surface area contributed by atoms with E-state index in [2.05, 4.69) is 4.98 Å². The van der Waals surface area contributed by atoms with Gasteiger partial charge in [0.05, 0.1) is 25.9 Å². The second-order valence-corrected chi connectivity index (χ2v) is 6.97. The van der Waals surface area contributed by atoms with E-state index in [0.29, 0.717) is 26.3 Å². The van der Waals surface area contributed by atoms with Crippen LogP contribution in [-0.2, 0) is 16.0 Å². The van der Waals surface area contributed by atoms with E-state index in [1.165, 1.54) is 36.6 Å². The van der Waals surface area contributed by atoms with Crippen molar-refractivity contribution < 1.29 is 28.1 Å². The lowest BCUT2D eigenvalue weighted by Gasteiger charge is -2.26. The second-order valence-electron chi connectivity index (χ2n) is 5.30. The molecule has 0 spiro atoms. The van der Waals surface area contributed by atoms with Crippen LogP contribution in [0.4, 0.5) is 16.6 Å². The van der Waals surface area contributed by atoms with Gasteiger partial charge in [-0.25, -0.2) is 18.3 Å². The maximum atomic E-state index is 12.0. The number of hydrogen-bond donors (Lipinski definition) is 2. The molecule has 0 bridgehead atoms. The lowest BCUT2D eigenvalue weighted by molar-refractivity contribution is 0.0696. The minimum absolute atomic E-state index is 0.0153. The zero-order chi connectivity index (χ0) is 18.7. The van der Waals surface area contributed by atoms with Gasteiger partial charge < -0.3 is 19.5 Å². The van der Waals surface area contributed by atoms with Crippen LogP contribution in [0, 0.1) is 0 Å². The second kappa shape index (κ2) is 7.99. The Morgan fingerprint density at radius 3 is 2.77 bits per heavy atom. The van der Waals surface area contributed by atoms with E-state index in [-0.39, 0.29) is 22.8 Å². The van der Waals surface area contributed by atoms with E-state index in [9.17, 15) is 13.6 Å². The topological polar surface area (TPSA) is 112 Å². The standard InChI is InChI=1S/C15H17N3O6S2/c1-23-12-8-10(14(19)20)2-3-11(12)18(26(21)22)13-9-25-15(16-13)17-4-6-24-7-5-17/h2-3,8-9H,4-7H2,1H3,(H,19,20)(H,21,22). The number of carboxylic acid groups (broad SMARTS) is 1. The zero-order valence-electron chi connectivity index (χ0n) is 13.8. The highest BCUT2D eigenvalue weighted by Crippen LogP contribution is 2.37. The molecule has 1 aliphatic rings. The Kier molecular flexibility index (Phi) is 5.71. The molecule has 2 aromatic rings. The van der Waals surface area contributed by atoms with Crippen LogP contribution < -0.4 is 13.9 Å². The fraction of sp³-hybridized carbons (Fsp3) is 0.333. The van der Waals surface area contributed by atoms with Crippen molar-refractivity contribution in [3.05, 3.63) is 29.1 Å². The normalized spacial score (nSPS) is 15.5. The fourth-order valence-electron chi connectivity index (χ4n) is 2.52. The van der Waals surface area contributed by atoms with Crippen molar-refractivity contribution in [1.82, 2.24) is 4.98 Å². The molecule has 2 N–H and O–H groups in total. The summed E-state index contributed by atoms with van der Waals surface area (Å²) < 4.78 is 33.4. The van der Waals surface area contributed by atoms with Gasteiger partial charge in [-0.15, -0.1) is 11.3 Å². The number of methoxy groups -OCH3 is 1. The molecule has 140 valence electrons. The highest BCUT2D eigenvalue weighted by atomic mass is 32.2. The first-order chi connectivity index (χ1) is 12.5. The monoisotopic (exact) mass is 399 g/mol. The third-order valence-corrected chi connectivity index (χ3v) is 5.36. The molecule has 1 aliphatic heterocycles. The first-order valence-electron chi connectivity index (χ1n) is 7.62. The Hall–Kier alpha value is -2.21. The van der Waals surface area contributed by atoms with Gasteiger partial charge in [0.2, 0.25) is 0 Å². The van der Waals surface area contributed by atoms with Crippen molar-refractivity contribution in [3.63, 3.8) is 0 Å². The van der Waals surface area contributed by atoms with Crippen LogP contribution in [0.2, 0.25) is 0 Å². The van der Waals surface area contributed by atoms with E-state index in [0.717, 1.165) is 9.44 Å². The number of ether oxygens (including phenoxy) is 2. The fourth-order valence-corrected chi connectivity index (χ4v) is 4.00. The van der Waals surface area contributed by atoms with Crippen LogP contribution in [0.5, 0.6) is 5.75 Å². The molecule has 26 heavy (non-hydrogen) atoms. The first-order valence-corrected chi connectivity index (χ1v) is 9.56. The number of rotatable bonds is 6. The molecule has 11 heteroatoms. The van der Waals surface area contributed by atoms with Crippen LogP contribution >= 0.6 is 11.3 Å². The van der Waals surface area contributed by atoms with Gasteiger partial charge in [-0.1, -0.05) is 0 Å². The highest BCUT2D eigenvalue weighted by Gasteiger charge is 2.24. The summed E-state index contributed by atoms with van der Waals surface area (Å²) in [5.41, 5.74) is 0.263. The molecule has 0 saturated carbocycles. The first kappa shape index (κ1) is 18.6. The maximum absolute atomic E-state index is 12.0. The predicted molar refractivity (Wildman–Crippen MR) is 98.0 cm³/mol. The van der Waals surface area contributed by atoms with Crippen molar-refractivity contribution in [1.29, 1.82) is 0 Å². The van der Waals surface area contributed by atoms with E-state index in [1.807, 2.05) is 4.90 Å². The Labute approximate surface area is 156 Å². The summed E-state index contributed by atoms with van der Waals surface area (Å²) in [6.45, 7) is 2.61. The Morgan fingerprint density at radius 2 is 2.15 bits per heavy atom. The van der Waals surface area contributed by atoms with Gasteiger partial charge in [-0.3, -0.25) is 4.55 Å². The number of aromatic carboxylic acids is 1. The van der Waals surface area contributed by atoms with Gasteiger partial charge in [0, 0.05) is 18.5 Å².